The van der Waals surface area contributed by atoms with Gasteiger partial charge in [0.25, 0.3) is 0 Å². The number of amides is 1. The monoisotopic (exact) mass is 346 g/mol. The molecule has 1 aromatic carbocycles. The van der Waals surface area contributed by atoms with E-state index in [1.54, 1.807) is 25.2 Å². The summed E-state index contributed by atoms with van der Waals surface area (Å²) in [6, 6.07) is 5.47. The molecule has 7 heteroatoms. The number of rotatable bonds is 3. The molecule has 0 saturated heterocycles. The highest BCUT2D eigenvalue weighted by Gasteiger charge is 2.32. The van der Waals surface area contributed by atoms with Crippen molar-refractivity contribution < 1.29 is 23.4 Å². The van der Waals surface area contributed by atoms with E-state index in [0.29, 0.717) is 36.2 Å². The Bertz CT molecular complexity index is 768. The first-order chi connectivity index (χ1) is 11.8. The first kappa shape index (κ1) is 17.1. The van der Waals surface area contributed by atoms with Crippen LogP contribution in [-0.4, -0.2) is 35.8 Å². The molecule has 0 bridgehead atoms. The minimum atomic E-state index is -0.529. The summed E-state index contributed by atoms with van der Waals surface area (Å²) in [5, 5.41) is 0. The maximum absolute atomic E-state index is 12.1. The SMILES string of the molecule is COc1ccc(-c2nc3c(o2)CN(C(=O)OC(C)(C)C)C3)cc1OC. The highest BCUT2D eigenvalue weighted by atomic mass is 16.6. The summed E-state index contributed by atoms with van der Waals surface area (Å²) in [7, 11) is 3.17. The molecule has 1 aliphatic rings. The Labute approximate surface area is 146 Å². The number of nitrogens with zero attached hydrogens (tertiary/aromatic N) is 2. The molecule has 0 radical (unpaired) electrons. The normalized spacial score (nSPS) is 13.6. The van der Waals surface area contributed by atoms with Crippen molar-refractivity contribution in [3.63, 3.8) is 0 Å². The Morgan fingerprint density at radius 3 is 2.48 bits per heavy atom. The van der Waals surface area contributed by atoms with Gasteiger partial charge < -0.3 is 18.6 Å². The van der Waals surface area contributed by atoms with Gasteiger partial charge in [0.1, 0.15) is 17.1 Å². The Balaban J connectivity index is 1.77. The molecular weight excluding hydrogens is 324 g/mol. The lowest BCUT2D eigenvalue weighted by molar-refractivity contribution is 0.0232. The summed E-state index contributed by atoms with van der Waals surface area (Å²) in [5.74, 6) is 2.42. The van der Waals surface area contributed by atoms with Gasteiger partial charge in [-0.15, -0.1) is 0 Å². The fraction of sp³-hybridized carbons (Fsp3) is 0.444. The zero-order valence-corrected chi connectivity index (χ0v) is 15.1. The molecular formula is C18H22N2O5. The van der Waals surface area contributed by atoms with E-state index >= 15 is 0 Å². The average Bonchev–Trinajstić information content (AvgIpc) is 3.11. The van der Waals surface area contributed by atoms with Crippen LogP contribution in [0.25, 0.3) is 11.5 Å². The molecule has 0 fully saturated rings. The smallest absolute Gasteiger partial charge is 0.411 e. The van der Waals surface area contributed by atoms with E-state index in [1.807, 2.05) is 32.9 Å². The molecule has 1 amide bonds. The maximum Gasteiger partial charge on any atom is 0.411 e. The average molecular weight is 346 g/mol. The van der Waals surface area contributed by atoms with Crippen molar-refractivity contribution in [3.05, 3.63) is 29.7 Å². The van der Waals surface area contributed by atoms with E-state index in [1.165, 1.54) is 0 Å². The molecule has 134 valence electrons. The Kier molecular flexibility index (Phi) is 4.32. The van der Waals surface area contributed by atoms with Crippen LogP contribution in [-0.2, 0) is 17.8 Å². The van der Waals surface area contributed by atoms with Gasteiger partial charge in [-0.1, -0.05) is 0 Å². The number of ether oxygens (including phenoxy) is 3. The van der Waals surface area contributed by atoms with Gasteiger partial charge in [-0.25, -0.2) is 9.78 Å². The van der Waals surface area contributed by atoms with Crippen LogP contribution in [0.5, 0.6) is 11.5 Å². The van der Waals surface area contributed by atoms with Crippen molar-refractivity contribution in [3.8, 4) is 23.0 Å². The fourth-order valence-corrected chi connectivity index (χ4v) is 2.59. The van der Waals surface area contributed by atoms with Gasteiger partial charge >= 0.3 is 6.09 Å². The maximum atomic E-state index is 12.1. The van der Waals surface area contributed by atoms with Gasteiger partial charge in [0, 0.05) is 5.56 Å². The number of carbonyl (C=O) groups is 1. The zero-order valence-electron chi connectivity index (χ0n) is 15.1. The summed E-state index contributed by atoms with van der Waals surface area (Å²) in [6.07, 6.45) is -0.367. The molecule has 1 aromatic heterocycles. The molecule has 1 aliphatic heterocycles. The molecule has 0 unspecified atom stereocenters. The number of benzene rings is 1. The molecule has 0 aliphatic carbocycles. The van der Waals surface area contributed by atoms with E-state index in [4.69, 9.17) is 18.6 Å². The third kappa shape index (κ3) is 3.55. The summed E-state index contributed by atoms with van der Waals surface area (Å²) < 4.78 is 21.8. The van der Waals surface area contributed by atoms with E-state index < -0.39 is 5.60 Å². The lowest BCUT2D eigenvalue weighted by Gasteiger charge is -2.23. The van der Waals surface area contributed by atoms with Gasteiger partial charge in [-0.05, 0) is 39.0 Å². The van der Waals surface area contributed by atoms with E-state index in [9.17, 15) is 4.79 Å². The quantitative estimate of drug-likeness (QED) is 0.845. The zero-order chi connectivity index (χ0) is 18.2. The summed E-state index contributed by atoms with van der Waals surface area (Å²) >= 11 is 0. The fourth-order valence-electron chi connectivity index (χ4n) is 2.59. The first-order valence-corrected chi connectivity index (χ1v) is 7.99. The van der Waals surface area contributed by atoms with Crippen LogP contribution in [0.4, 0.5) is 4.79 Å². The highest BCUT2D eigenvalue weighted by molar-refractivity contribution is 5.69. The van der Waals surface area contributed by atoms with Crippen LogP contribution < -0.4 is 9.47 Å². The third-order valence-electron chi connectivity index (χ3n) is 3.74. The van der Waals surface area contributed by atoms with Crippen LogP contribution in [0, 0.1) is 0 Å². The van der Waals surface area contributed by atoms with Crippen molar-refractivity contribution >= 4 is 6.09 Å². The second kappa shape index (κ2) is 6.31. The molecule has 7 nitrogen and oxygen atoms in total. The number of aromatic nitrogens is 1. The Morgan fingerprint density at radius 2 is 1.88 bits per heavy atom. The van der Waals surface area contributed by atoms with Crippen molar-refractivity contribution in [2.45, 2.75) is 39.5 Å². The number of methoxy groups -OCH3 is 2. The van der Waals surface area contributed by atoms with Gasteiger partial charge in [-0.3, -0.25) is 4.90 Å². The summed E-state index contributed by atoms with van der Waals surface area (Å²) in [5.41, 5.74) is 1.01. The Hall–Kier alpha value is -2.70. The number of fused-ring (bicyclic) bond motifs is 1. The number of carbonyl (C=O) groups excluding carboxylic acids is 1. The molecule has 25 heavy (non-hydrogen) atoms. The van der Waals surface area contributed by atoms with Gasteiger partial charge in [-0.2, -0.15) is 0 Å². The van der Waals surface area contributed by atoms with Crippen LogP contribution in [0.1, 0.15) is 32.2 Å². The van der Waals surface area contributed by atoms with E-state index in [0.717, 1.165) is 11.3 Å². The molecule has 0 saturated carbocycles. The van der Waals surface area contributed by atoms with E-state index in [2.05, 4.69) is 4.98 Å². The van der Waals surface area contributed by atoms with Crippen LogP contribution in [0.2, 0.25) is 0 Å². The van der Waals surface area contributed by atoms with Gasteiger partial charge in [0.15, 0.2) is 11.5 Å². The van der Waals surface area contributed by atoms with Crippen LogP contribution in [0.3, 0.4) is 0 Å². The lowest BCUT2D eigenvalue weighted by Crippen LogP contribution is -2.33. The van der Waals surface area contributed by atoms with Crippen molar-refractivity contribution in [2.75, 3.05) is 14.2 Å². The first-order valence-electron chi connectivity index (χ1n) is 7.99. The van der Waals surface area contributed by atoms with Crippen LogP contribution >= 0.6 is 0 Å². The number of hydrogen-bond acceptors (Lipinski definition) is 6. The minimum absolute atomic E-state index is 0.352. The molecule has 0 spiro atoms. The van der Waals surface area contributed by atoms with Crippen LogP contribution in [0.15, 0.2) is 22.6 Å². The van der Waals surface area contributed by atoms with E-state index in [-0.39, 0.29) is 6.09 Å². The highest BCUT2D eigenvalue weighted by Crippen LogP contribution is 2.34. The third-order valence-corrected chi connectivity index (χ3v) is 3.74. The van der Waals surface area contributed by atoms with Crippen molar-refractivity contribution in [2.24, 2.45) is 0 Å². The number of oxazole rings is 1. The molecule has 2 aromatic rings. The topological polar surface area (TPSA) is 74.0 Å². The number of hydrogen-bond donors (Lipinski definition) is 0. The van der Waals surface area contributed by atoms with Crippen molar-refractivity contribution in [1.29, 1.82) is 0 Å². The largest absolute Gasteiger partial charge is 0.493 e. The van der Waals surface area contributed by atoms with Gasteiger partial charge in [0.05, 0.1) is 27.3 Å². The Morgan fingerprint density at radius 1 is 1.16 bits per heavy atom. The second-order valence-corrected chi connectivity index (χ2v) is 6.80. The summed E-state index contributed by atoms with van der Waals surface area (Å²) in [6.45, 7) is 6.25. The minimum Gasteiger partial charge on any atom is -0.493 e. The predicted octanol–water partition coefficient (Wildman–Crippen LogP) is 3.61. The molecule has 2 heterocycles. The molecule has 0 N–H and O–H groups in total. The second-order valence-electron chi connectivity index (χ2n) is 6.80. The predicted molar refractivity (Wildman–Crippen MR) is 90.5 cm³/mol. The van der Waals surface area contributed by atoms with Gasteiger partial charge in [0.2, 0.25) is 5.89 Å². The van der Waals surface area contributed by atoms with Crippen molar-refractivity contribution in [1.82, 2.24) is 9.88 Å². The molecule has 0 atom stereocenters. The molecule has 3 rings (SSSR count). The summed E-state index contributed by atoms with van der Waals surface area (Å²) in [4.78, 5) is 18.2. The standard InChI is InChI=1S/C18H22N2O5/c1-18(2,3)25-17(21)20-9-12-15(10-20)24-16(19-12)11-6-7-13(22-4)14(8-11)23-5/h6-8H,9-10H2,1-5H3. The lowest BCUT2D eigenvalue weighted by atomic mass is 10.2.